The summed E-state index contributed by atoms with van der Waals surface area (Å²) in [5, 5.41) is 7.62. The Hall–Kier alpha value is -2.62. The van der Waals surface area contributed by atoms with Crippen molar-refractivity contribution in [1.82, 2.24) is 0 Å². The van der Waals surface area contributed by atoms with Crippen molar-refractivity contribution in [3.63, 3.8) is 0 Å². The summed E-state index contributed by atoms with van der Waals surface area (Å²) in [5.41, 5.74) is -0.0979. The lowest BCUT2D eigenvalue weighted by Crippen LogP contribution is -2.19. The molecule has 0 saturated heterocycles. The maximum atomic E-state index is 14.8. The van der Waals surface area contributed by atoms with Gasteiger partial charge in [-0.2, -0.15) is 0 Å². The maximum absolute atomic E-state index is 14.8. The third-order valence-electron chi connectivity index (χ3n) is 6.05. The highest BCUT2D eigenvalue weighted by molar-refractivity contribution is 6.53. The lowest BCUT2D eigenvalue weighted by atomic mass is 10.1. The summed E-state index contributed by atoms with van der Waals surface area (Å²) in [6.07, 6.45) is 0. The quantitative estimate of drug-likeness (QED) is 0.240. The number of halogens is 7. The Morgan fingerprint density at radius 3 is 2.23 bits per heavy atom. The van der Waals surface area contributed by atoms with Crippen molar-refractivity contribution in [2.75, 3.05) is 16.0 Å². The maximum Gasteiger partial charge on any atom is 0.257 e. The molecule has 13 heteroatoms. The highest BCUT2D eigenvalue weighted by atomic mass is 35.5. The number of nitrogens with one attached hydrogen (secondary N) is 3. The van der Waals surface area contributed by atoms with E-state index in [9.17, 15) is 23.2 Å². The lowest BCUT2D eigenvalue weighted by molar-refractivity contribution is -0.117. The van der Waals surface area contributed by atoms with Gasteiger partial charge in [-0.25, -0.2) is 8.78 Å². The zero-order chi connectivity index (χ0) is 28.8. The van der Waals surface area contributed by atoms with Crippen LogP contribution in [0.2, 0.25) is 15.1 Å². The Bertz CT molecular complexity index is 1530. The normalized spacial score (nSPS) is 17.4. The molecule has 1 fully saturated rings. The third kappa shape index (κ3) is 5.95. The van der Waals surface area contributed by atoms with Gasteiger partial charge in [-0.05, 0) is 54.4 Å². The summed E-state index contributed by atoms with van der Waals surface area (Å²) in [6.45, 7) is 2.73. The summed E-state index contributed by atoms with van der Waals surface area (Å²) in [6, 6.07) is 9.48. The van der Waals surface area contributed by atoms with Gasteiger partial charge in [0, 0.05) is 18.5 Å². The van der Waals surface area contributed by atoms with Gasteiger partial charge in [0.05, 0.1) is 32.2 Å². The number of carbonyl (C=O) groups excluding carboxylic acids is 3. The van der Waals surface area contributed by atoms with E-state index in [0.717, 1.165) is 19.1 Å². The Balaban J connectivity index is 1.57. The third-order valence-corrected chi connectivity index (χ3v) is 8.23. The van der Waals surface area contributed by atoms with Crippen molar-refractivity contribution in [2.24, 2.45) is 5.92 Å². The Morgan fingerprint density at radius 1 is 0.897 bits per heavy atom. The molecule has 2 atom stereocenters. The van der Waals surface area contributed by atoms with Crippen LogP contribution in [0.15, 0.2) is 42.5 Å². The SMILES string of the molecule is CC(=O)Nc1ccc(F)c(NC(=O)c2cc(NC(=O)C3[C@H](c4ccc(Cl)c(Cl)c4)C3(Cl)Cl)cc(C)c2Cl)c1F. The number of rotatable bonds is 6. The first-order valence-electron chi connectivity index (χ1n) is 11.2. The second kappa shape index (κ2) is 11.1. The van der Waals surface area contributed by atoms with Gasteiger partial charge in [0.25, 0.3) is 5.91 Å². The molecule has 0 bridgehead atoms. The Labute approximate surface area is 246 Å². The number of benzene rings is 3. The summed E-state index contributed by atoms with van der Waals surface area (Å²) in [4.78, 5) is 37.4. The van der Waals surface area contributed by atoms with Crippen LogP contribution in [0.5, 0.6) is 0 Å². The second-order valence-corrected chi connectivity index (χ2v) is 11.5. The van der Waals surface area contributed by atoms with Gasteiger partial charge in [-0.15, -0.1) is 23.2 Å². The topological polar surface area (TPSA) is 87.3 Å². The van der Waals surface area contributed by atoms with E-state index in [4.69, 9.17) is 58.0 Å². The van der Waals surface area contributed by atoms with Crippen LogP contribution in [-0.4, -0.2) is 22.1 Å². The van der Waals surface area contributed by atoms with E-state index in [-0.39, 0.29) is 27.0 Å². The van der Waals surface area contributed by atoms with E-state index in [1.165, 1.54) is 12.1 Å². The minimum absolute atomic E-state index is 0.00605. The van der Waals surface area contributed by atoms with E-state index in [0.29, 0.717) is 16.1 Å². The average molecular weight is 636 g/mol. The number of amides is 3. The fourth-order valence-corrected chi connectivity index (χ4v) is 5.46. The largest absolute Gasteiger partial charge is 0.326 e. The molecule has 3 aromatic carbocycles. The molecule has 3 N–H and O–H groups in total. The minimum atomic E-state index is -1.42. The molecule has 3 aromatic rings. The van der Waals surface area contributed by atoms with Crippen molar-refractivity contribution in [3.8, 4) is 0 Å². The van der Waals surface area contributed by atoms with Crippen LogP contribution in [-0.2, 0) is 9.59 Å². The number of hydrogen-bond donors (Lipinski definition) is 3. The first kappa shape index (κ1) is 29.4. The smallest absolute Gasteiger partial charge is 0.257 e. The monoisotopic (exact) mass is 633 g/mol. The summed E-state index contributed by atoms with van der Waals surface area (Å²) < 4.78 is 27.7. The molecule has 6 nitrogen and oxygen atoms in total. The molecule has 1 aliphatic carbocycles. The Kier molecular flexibility index (Phi) is 8.36. The molecular weight excluding hydrogens is 618 g/mol. The molecule has 0 aliphatic heterocycles. The fourth-order valence-electron chi connectivity index (χ4n) is 4.13. The first-order chi connectivity index (χ1) is 18.2. The van der Waals surface area contributed by atoms with E-state index >= 15 is 0 Å². The van der Waals surface area contributed by atoms with Crippen molar-refractivity contribution >= 4 is 92.8 Å². The molecule has 39 heavy (non-hydrogen) atoms. The average Bonchev–Trinajstić information content (AvgIpc) is 3.44. The van der Waals surface area contributed by atoms with Crippen LogP contribution in [0.4, 0.5) is 25.8 Å². The zero-order valence-electron chi connectivity index (χ0n) is 20.1. The van der Waals surface area contributed by atoms with Crippen molar-refractivity contribution in [3.05, 3.63) is 85.9 Å². The predicted molar refractivity (Wildman–Crippen MR) is 151 cm³/mol. The van der Waals surface area contributed by atoms with E-state index in [1.54, 1.807) is 25.1 Å². The molecule has 1 unspecified atom stereocenters. The summed E-state index contributed by atoms with van der Waals surface area (Å²) in [7, 11) is 0. The molecule has 0 heterocycles. The van der Waals surface area contributed by atoms with Crippen LogP contribution in [0.25, 0.3) is 0 Å². The molecule has 3 amide bonds. The number of hydrogen-bond acceptors (Lipinski definition) is 3. The van der Waals surface area contributed by atoms with Crippen LogP contribution < -0.4 is 16.0 Å². The van der Waals surface area contributed by atoms with Gasteiger partial charge < -0.3 is 16.0 Å². The van der Waals surface area contributed by atoms with Gasteiger partial charge in [0.15, 0.2) is 5.82 Å². The van der Waals surface area contributed by atoms with Crippen molar-refractivity contribution in [2.45, 2.75) is 24.1 Å². The van der Waals surface area contributed by atoms with Crippen molar-refractivity contribution in [1.29, 1.82) is 0 Å². The molecule has 0 aromatic heterocycles. The van der Waals surface area contributed by atoms with Gasteiger partial charge in [-0.3, -0.25) is 14.4 Å². The van der Waals surface area contributed by atoms with E-state index in [1.807, 2.05) is 0 Å². The number of alkyl halides is 2. The summed E-state index contributed by atoms with van der Waals surface area (Å²) >= 11 is 31.2. The van der Waals surface area contributed by atoms with Gasteiger partial charge >= 0.3 is 0 Å². The van der Waals surface area contributed by atoms with Crippen molar-refractivity contribution < 1.29 is 23.2 Å². The number of anilines is 3. The molecule has 4 rings (SSSR count). The summed E-state index contributed by atoms with van der Waals surface area (Å²) in [5.74, 6) is -5.77. The molecule has 1 saturated carbocycles. The molecule has 204 valence electrons. The number of carbonyl (C=O) groups is 3. The van der Waals surface area contributed by atoms with Gasteiger partial charge in [-0.1, -0.05) is 40.9 Å². The first-order valence-corrected chi connectivity index (χ1v) is 13.1. The minimum Gasteiger partial charge on any atom is -0.326 e. The fraction of sp³-hybridized carbons (Fsp3) is 0.192. The zero-order valence-corrected chi connectivity index (χ0v) is 23.8. The van der Waals surface area contributed by atoms with Crippen LogP contribution in [0.3, 0.4) is 0 Å². The molecule has 0 spiro atoms. The highest BCUT2D eigenvalue weighted by Crippen LogP contribution is 2.65. The van der Waals surface area contributed by atoms with Gasteiger partial charge in [0.1, 0.15) is 15.8 Å². The van der Waals surface area contributed by atoms with Gasteiger partial charge in [0.2, 0.25) is 11.8 Å². The molecular formula is C26H18Cl5F2N3O3. The highest BCUT2D eigenvalue weighted by Gasteiger charge is 2.67. The van der Waals surface area contributed by atoms with E-state index in [2.05, 4.69) is 16.0 Å². The molecule has 1 aliphatic rings. The van der Waals surface area contributed by atoms with Crippen LogP contribution in [0, 0.1) is 24.5 Å². The standard InChI is InChI=1S/C26H18Cl5F2N3O3/c1-10-7-13(35-25(39)20-19(26(20,30)31)12-3-4-15(27)16(28)8-12)9-14(21(10)29)24(38)36-23-17(32)5-6-18(22(23)33)34-11(2)37/h3-9,19-20H,1-2H3,(H,34,37)(H,35,39)(H,36,38)/t19-,20?/m0/s1. The molecule has 0 radical (unpaired) electrons. The van der Waals surface area contributed by atoms with Crippen LogP contribution in [0.1, 0.15) is 34.3 Å². The number of aryl methyl sites for hydroxylation is 1. The predicted octanol–water partition coefficient (Wildman–Crippen LogP) is 7.97. The lowest BCUT2D eigenvalue weighted by Gasteiger charge is -2.14. The van der Waals surface area contributed by atoms with E-state index < -0.39 is 51.2 Å². The second-order valence-electron chi connectivity index (χ2n) is 8.87. The Morgan fingerprint density at radius 2 is 1.59 bits per heavy atom. The van der Waals surface area contributed by atoms with Crippen LogP contribution >= 0.6 is 58.0 Å².